The molecule has 0 spiro atoms. The molecule has 2 aromatic rings. The number of hydrogen-bond acceptors (Lipinski definition) is 4. The van der Waals surface area contributed by atoms with Crippen LogP contribution in [-0.4, -0.2) is 30.9 Å². The second kappa shape index (κ2) is 9.77. The first-order valence-electron chi connectivity index (χ1n) is 7.80. The summed E-state index contributed by atoms with van der Waals surface area (Å²) in [4.78, 5) is 35.1. The van der Waals surface area contributed by atoms with E-state index in [-0.39, 0.29) is 18.5 Å². The van der Waals surface area contributed by atoms with Gasteiger partial charge in [0.05, 0.1) is 17.7 Å². The van der Waals surface area contributed by atoms with E-state index in [1.54, 1.807) is 24.3 Å². The Bertz CT molecular complexity index is 861. The molecule has 0 bridgehead atoms. The van der Waals surface area contributed by atoms with Gasteiger partial charge in [0.1, 0.15) is 11.6 Å². The number of hydrogen-bond donors (Lipinski definition) is 2. The van der Waals surface area contributed by atoms with E-state index in [4.69, 9.17) is 4.74 Å². The number of esters is 1. The Morgan fingerprint density at radius 3 is 2.52 bits per heavy atom. The summed E-state index contributed by atoms with van der Waals surface area (Å²) in [5, 5.41) is 4.88. The number of carbonyl (C=O) groups excluding carboxylic acids is 3. The van der Waals surface area contributed by atoms with Crippen LogP contribution in [0.2, 0.25) is 0 Å². The molecule has 9 heteroatoms. The Morgan fingerprint density at radius 2 is 1.81 bits per heavy atom. The van der Waals surface area contributed by atoms with Gasteiger partial charge in [-0.1, -0.05) is 12.1 Å². The predicted molar refractivity (Wildman–Crippen MR) is 97.0 cm³/mol. The molecule has 0 saturated heterocycles. The minimum atomic E-state index is -1.00. The van der Waals surface area contributed by atoms with Crippen molar-refractivity contribution in [3.8, 4) is 0 Å². The Labute approximate surface area is 162 Å². The zero-order valence-electron chi connectivity index (χ0n) is 13.9. The van der Waals surface area contributed by atoms with Gasteiger partial charge in [-0.3, -0.25) is 14.4 Å². The third kappa shape index (κ3) is 6.45. The van der Waals surface area contributed by atoms with Gasteiger partial charge in [-0.15, -0.1) is 0 Å². The number of anilines is 1. The summed E-state index contributed by atoms with van der Waals surface area (Å²) in [6, 6.07) is 9.49. The highest BCUT2D eigenvalue weighted by atomic mass is 79.9. The van der Waals surface area contributed by atoms with Gasteiger partial charge >= 0.3 is 5.97 Å². The zero-order chi connectivity index (χ0) is 19.8. The number of nitrogens with one attached hydrogen (secondary N) is 2. The SMILES string of the molecule is O=C(COC(=O)CCNC(=O)c1ccc(F)cc1F)Nc1ccccc1Br. The number of amides is 2. The first-order chi connectivity index (χ1) is 12.9. The number of rotatable bonds is 7. The van der Waals surface area contributed by atoms with Crippen LogP contribution in [0.4, 0.5) is 14.5 Å². The van der Waals surface area contributed by atoms with Crippen LogP contribution in [0.25, 0.3) is 0 Å². The lowest BCUT2D eigenvalue weighted by Crippen LogP contribution is -2.28. The fourth-order valence-electron chi connectivity index (χ4n) is 2.01. The van der Waals surface area contributed by atoms with Gasteiger partial charge in [0.25, 0.3) is 11.8 Å². The molecule has 0 unspecified atom stereocenters. The minimum absolute atomic E-state index is 0.125. The van der Waals surface area contributed by atoms with E-state index in [2.05, 4.69) is 26.6 Å². The minimum Gasteiger partial charge on any atom is -0.456 e. The highest BCUT2D eigenvalue weighted by molar-refractivity contribution is 9.10. The maximum absolute atomic E-state index is 13.5. The van der Waals surface area contributed by atoms with E-state index >= 15 is 0 Å². The van der Waals surface area contributed by atoms with E-state index in [1.165, 1.54) is 0 Å². The smallest absolute Gasteiger partial charge is 0.308 e. The molecule has 0 aromatic heterocycles. The van der Waals surface area contributed by atoms with E-state index in [0.29, 0.717) is 16.2 Å². The molecule has 6 nitrogen and oxygen atoms in total. The quantitative estimate of drug-likeness (QED) is 0.648. The fraction of sp³-hybridized carbons (Fsp3) is 0.167. The lowest BCUT2D eigenvalue weighted by atomic mass is 10.2. The van der Waals surface area contributed by atoms with E-state index in [0.717, 1.165) is 12.1 Å². The molecule has 27 heavy (non-hydrogen) atoms. The Morgan fingerprint density at radius 1 is 1.07 bits per heavy atom. The molecule has 0 saturated carbocycles. The Hall–Kier alpha value is -2.81. The Balaban J connectivity index is 1.71. The molecular formula is C18H15BrF2N2O4. The molecule has 142 valence electrons. The van der Waals surface area contributed by atoms with E-state index in [1.807, 2.05) is 0 Å². The number of para-hydroxylation sites is 1. The van der Waals surface area contributed by atoms with Crippen LogP contribution in [0.3, 0.4) is 0 Å². The third-order valence-corrected chi connectivity index (χ3v) is 3.99. The highest BCUT2D eigenvalue weighted by Gasteiger charge is 2.13. The van der Waals surface area contributed by atoms with Crippen molar-refractivity contribution in [2.24, 2.45) is 0 Å². The van der Waals surface area contributed by atoms with Gasteiger partial charge in [-0.05, 0) is 40.2 Å². The van der Waals surface area contributed by atoms with Crippen molar-refractivity contribution in [3.05, 3.63) is 64.1 Å². The van der Waals surface area contributed by atoms with Crippen molar-refractivity contribution in [2.45, 2.75) is 6.42 Å². The molecule has 0 fully saturated rings. The van der Waals surface area contributed by atoms with Gasteiger partial charge in [0.2, 0.25) is 0 Å². The normalized spacial score (nSPS) is 10.2. The topological polar surface area (TPSA) is 84.5 Å². The summed E-state index contributed by atoms with van der Waals surface area (Å²) in [7, 11) is 0. The molecule has 2 aromatic carbocycles. The van der Waals surface area contributed by atoms with Crippen LogP contribution in [0.15, 0.2) is 46.9 Å². The van der Waals surface area contributed by atoms with Crippen molar-refractivity contribution >= 4 is 39.4 Å². The fourth-order valence-corrected chi connectivity index (χ4v) is 2.40. The van der Waals surface area contributed by atoms with Gasteiger partial charge < -0.3 is 15.4 Å². The maximum Gasteiger partial charge on any atom is 0.308 e. The summed E-state index contributed by atoms with van der Waals surface area (Å²) in [5.74, 6) is -3.82. The van der Waals surface area contributed by atoms with Crippen LogP contribution >= 0.6 is 15.9 Å². The predicted octanol–water partition coefficient (Wildman–Crippen LogP) is 3.03. The van der Waals surface area contributed by atoms with Gasteiger partial charge in [0.15, 0.2) is 6.61 Å². The summed E-state index contributed by atoms with van der Waals surface area (Å²) in [5.41, 5.74) is 0.199. The molecule has 0 radical (unpaired) electrons. The number of benzene rings is 2. The largest absolute Gasteiger partial charge is 0.456 e. The van der Waals surface area contributed by atoms with E-state index in [9.17, 15) is 23.2 Å². The molecule has 0 atom stereocenters. The number of ether oxygens (including phenoxy) is 1. The maximum atomic E-state index is 13.5. The lowest BCUT2D eigenvalue weighted by molar-refractivity contribution is -0.147. The van der Waals surface area contributed by atoms with Gasteiger partial charge in [0, 0.05) is 17.1 Å². The number of carbonyl (C=O) groups is 3. The van der Waals surface area contributed by atoms with Crippen LogP contribution < -0.4 is 10.6 Å². The monoisotopic (exact) mass is 440 g/mol. The molecular weight excluding hydrogens is 426 g/mol. The van der Waals surface area contributed by atoms with Crippen LogP contribution in [0, 0.1) is 11.6 Å². The summed E-state index contributed by atoms with van der Waals surface area (Å²) >= 11 is 3.27. The highest BCUT2D eigenvalue weighted by Crippen LogP contribution is 2.20. The zero-order valence-corrected chi connectivity index (χ0v) is 15.5. The summed E-state index contributed by atoms with van der Waals surface area (Å²) in [6.07, 6.45) is -0.211. The average Bonchev–Trinajstić information content (AvgIpc) is 2.62. The molecule has 2 N–H and O–H groups in total. The second-order valence-electron chi connectivity index (χ2n) is 5.32. The molecule has 0 heterocycles. The number of halogens is 3. The Kier molecular flexibility index (Phi) is 7.42. The lowest BCUT2D eigenvalue weighted by Gasteiger charge is -2.09. The van der Waals surface area contributed by atoms with Crippen LogP contribution in [0.5, 0.6) is 0 Å². The average molecular weight is 441 g/mol. The summed E-state index contributed by atoms with van der Waals surface area (Å²) < 4.78 is 31.8. The standard InChI is InChI=1S/C18H15BrF2N2O4/c19-13-3-1-2-4-15(13)23-16(24)10-27-17(25)7-8-22-18(26)12-6-5-11(20)9-14(12)21/h1-6,9H,7-8,10H2,(H,22,26)(H,23,24). The molecule has 2 amide bonds. The first kappa shape index (κ1) is 20.5. The molecule has 0 aliphatic carbocycles. The second-order valence-corrected chi connectivity index (χ2v) is 6.17. The summed E-state index contributed by atoms with van der Waals surface area (Å²) in [6.45, 7) is -0.610. The third-order valence-electron chi connectivity index (χ3n) is 3.30. The van der Waals surface area contributed by atoms with Crippen molar-refractivity contribution in [1.82, 2.24) is 5.32 Å². The van der Waals surface area contributed by atoms with Crippen molar-refractivity contribution in [1.29, 1.82) is 0 Å². The van der Waals surface area contributed by atoms with Gasteiger partial charge in [-0.2, -0.15) is 0 Å². The van der Waals surface area contributed by atoms with Gasteiger partial charge in [-0.25, -0.2) is 8.78 Å². The molecule has 0 aliphatic heterocycles. The van der Waals surface area contributed by atoms with Crippen LogP contribution in [0.1, 0.15) is 16.8 Å². The van der Waals surface area contributed by atoms with Crippen molar-refractivity contribution in [3.63, 3.8) is 0 Å². The van der Waals surface area contributed by atoms with Crippen molar-refractivity contribution < 1.29 is 27.9 Å². The first-order valence-corrected chi connectivity index (χ1v) is 8.59. The van der Waals surface area contributed by atoms with Crippen LogP contribution in [-0.2, 0) is 14.3 Å². The van der Waals surface area contributed by atoms with Crippen molar-refractivity contribution in [2.75, 3.05) is 18.5 Å². The molecule has 0 aliphatic rings. The molecule has 2 rings (SSSR count). The van der Waals surface area contributed by atoms with E-state index < -0.39 is 36.0 Å².